The Morgan fingerprint density at radius 3 is 2.42 bits per heavy atom. The maximum atomic E-state index is 13.1. The van der Waals surface area contributed by atoms with Crippen molar-refractivity contribution in [3.05, 3.63) is 46.6 Å². The third-order valence-electron chi connectivity index (χ3n) is 6.96. The fourth-order valence-corrected chi connectivity index (χ4v) is 5.23. The van der Waals surface area contributed by atoms with E-state index in [-0.39, 0.29) is 18.2 Å². The highest BCUT2D eigenvalue weighted by molar-refractivity contribution is 5.67. The second-order valence-electron chi connectivity index (χ2n) is 9.36. The largest absolute Gasteiger partial charge is 0.445 e. The van der Waals surface area contributed by atoms with E-state index in [1.54, 1.807) is 0 Å². The molecule has 2 fully saturated rings. The summed E-state index contributed by atoms with van der Waals surface area (Å²) in [5.74, 6) is 0.847. The van der Waals surface area contributed by atoms with Crippen LogP contribution in [-0.2, 0) is 36.8 Å². The Balaban J connectivity index is 1.27. The van der Waals surface area contributed by atoms with Gasteiger partial charge < -0.3 is 19.9 Å². The van der Waals surface area contributed by atoms with Gasteiger partial charge in [0.05, 0.1) is 23.4 Å². The molecular formula is C23H25F6N5O2. The van der Waals surface area contributed by atoms with Crippen molar-refractivity contribution < 1.29 is 35.9 Å². The van der Waals surface area contributed by atoms with Crippen LogP contribution in [0.3, 0.4) is 0 Å². The van der Waals surface area contributed by atoms with Crippen molar-refractivity contribution in [3.63, 3.8) is 0 Å². The van der Waals surface area contributed by atoms with E-state index in [0.717, 1.165) is 37.4 Å². The number of nitrogens with one attached hydrogen (secondary N) is 1. The lowest BCUT2D eigenvalue weighted by Crippen LogP contribution is -2.34. The lowest BCUT2D eigenvalue weighted by Gasteiger charge is -2.23. The molecule has 0 radical (unpaired) electrons. The van der Waals surface area contributed by atoms with Crippen molar-refractivity contribution in [2.75, 3.05) is 24.5 Å². The molecule has 7 nitrogen and oxygen atoms in total. The maximum absolute atomic E-state index is 13.1. The van der Waals surface area contributed by atoms with Crippen molar-refractivity contribution >= 4 is 11.9 Å². The highest BCUT2D eigenvalue weighted by Gasteiger charge is 2.39. The molecule has 196 valence electrons. The molecule has 2 atom stereocenters. The van der Waals surface area contributed by atoms with Crippen LogP contribution in [0.2, 0.25) is 0 Å². The van der Waals surface area contributed by atoms with E-state index in [4.69, 9.17) is 9.84 Å². The third kappa shape index (κ3) is 4.97. The van der Waals surface area contributed by atoms with Crippen LogP contribution in [0.5, 0.6) is 0 Å². The summed E-state index contributed by atoms with van der Waals surface area (Å²) >= 11 is 0. The number of carbonyl (C=O) groups excluding carboxylic acids is 1. The number of ether oxygens (including phenoxy) is 1. The van der Waals surface area contributed by atoms with Gasteiger partial charge in [0.2, 0.25) is 0 Å². The molecule has 36 heavy (non-hydrogen) atoms. The van der Waals surface area contributed by atoms with Gasteiger partial charge >= 0.3 is 18.4 Å². The summed E-state index contributed by atoms with van der Waals surface area (Å²) in [6.07, 6.45) is -8.08. The van der Waals surface area contributed by atoms with Crippen molar-refractivity contribution in [3.8, 4) is 0 Å². The zero-order valence-electron chi connectivity index (χ0n) is 19.2. The molecule has 2 aromatic rings. The number of aromatic nitrogens is 2. The van der Waals surface area contributed by atoms with Crippen LogP contribution in [0, 0.1) is 0 Å². The molecule has 0 spiro atoms. The van der Waals surface area contributed by atoms with E-state index in [1.807, 2.05) is 10.7 Å². The summed E-state index contributed by atoms with van der Waals surface area (Å²) in [5.41, 5.74) is -2.49. The number of amides is 1. The molecule has 3 aliphatic heterocycles. The molecule has 13 heteroatoms. The fraction of sp³-hybridized carbons (Fsp3) is 0.565. The zero-order valence-corrected chi connectivity index (χ0v) is 19.2. The molecule has 3 aliphatic rings. The minimum absolute atomic E-state index is 0.0447. The van der Waals surface area contributed by atoms with Crippen molar-refractivity contribution in [1.82, 2.24) is 20.0 Å². The molecule has 1 N–H and O–H groups in total. The van der Waals surface area contributed by atoms with E-state index in [2.05, 4.69) is 10.2 Å². The lowest BCUT2D eigenvalue weighted by atomic mass is 10.1. The number of halogens is 6. The highest BCUT2D eigenvalue weighted by atomic mass is 19.4. The molecule has 1 amide bonds. The van der Waals surface area contributed by atoms with Gasteiger partial charge in [-0.05, 0) is 49.6 Å². The Kier molecular flexibility index (Phi) is 6.29. The first-order valence-corrected chi connectivity index (χ1v) is 11.8. The molecular weight excluding hydrogens is 492 g/mol. The van der Waals surface area contributed by atoms with Gasteiger partial charge in [-0.3, -0.25) is 4.68 Å². The number of benzene rings is 1. The Labute approximate surface area is 203 Å². The van der Waals surface area contributed by atoms with E-state index >= 15 is 0 Å². The molecule has 4 heterocycles. The number of hydrogen-bond donors (Lipinski definition) is 1. The SMILES string of the molecule is O=C(OCc1cc(C(F)(F)F)cc(C(F)(F)F)c1)N1CCCn2nc(N3CCC4NCCC43)cc2C1. The molecule has 2 unspecified atom stereocenters. The van der Waals surface area contributed by atoms with Crippen molar-refractivity contribution in [2.45, 2.75) is 63.4 Å². The number of carbonyl (C=O) groups is 1. The minimum Gasteiger partial charge on any atom is -0.445 e. The first-order valence-electron chi connectivity index (χ1n) is 11.8. The normalized spacial score (nSPS) is 22.4. The number of rotatable bonds is 3. The van der Waals surface area contributed by atoms with Crippen LogP contribution in [0.4, 0.5) is 37.0 Å². The average molecular weight is 517 g/mol. The van der Waals surface area contributed by atoms with Gasteiger partial charge in [-0.15, -0.1) is 0 Å². The Hall–Kier alpha value is -2.96. The van der Waals surface area contributed by atoms with Crippen LogP contribution >= 0.6 is 0 Å². The summed E-state index contributed by atoms with van der Waals surface area (Å²) in [7, 11) is 0. The summed E-state index contributed by atoms with van der Waals surface area (Å²) in [6, 6.07) is 3.95. The Bertz CT molecular complexity index is 1100. The average Bonchev–Trinajstić information content (AvgIpc) is 3.49. The number of anilines is 1. The molecule has 0 bridgehead atoms. The molecule has 2 saturated heterocycles. The quantitative estimate of drug-likeness (QED) is 0.612. The van der Waals surface area contributed by atoms with Crippen LogP contribution in [0.25, 0.3) is 0 Å². The number of fused-ring (bicyclic) bond motifs is 2. The number of alkyl halides is 6. The van der Waals surface area contributed by atoms with Gasteiger partial charge in [-0.2, -0.15) is 31.4 Å². The monoisotopic (exact) mass is 517 g/mol. The molecule has 1 aromatic carbocycles. The maximum Gasteiger partial charge on any atom is 0.416 e. The Morgan fingerprint density at radius 1 is 1.00 bits per heavy atom. The van der Waals surface area contributed by atoms with Gasteiger partial charge in [0, 0.05) is 37.8 Å². The van der Waals surface area contributed by atoms with Gasteiger partial charge in [0.1, 0.15) is 6.61 Å². The number of hydrogen-bond acceptors (Lipinski definition) is 5. The third-order valence-corrected chi connectivity index (χ3v) is 6.96. The second kappa shape index (κ2) is 9.16. The summed E-state index contributed by atoms with van der Waals surface area (Å²) in [5, 5.41) is 8.22. The lowest BCUT2D eigenvalue weighted by molar-refractivity contribution is -0.143. The predicted molar refractivity (Wildman–Crippen MR) is 116 cm³/mol. The van der Waals surface area contributed by atoms with E-state index in [1.165, 1.54) is 4.90 Å². The predicted octanol–water partition coefficient (Wildman–Crippen LogP) is 4.40. The Morgan fingerprint density at radius 2 is 1.72 bits per heavy atom. The number of aryl methyl sites for hydroxylation is 1. The number of nitrogens with zero attached hydrogens (tertiary/aromatic N) is 4. The van der Waals surface area contributed by atoms with Crippen molar-refractivity contribution in [1.29, 1.82) is 0 Å². The van der Waals surface area contributed by atoms with Gasteiger partial charge in [-0.25, -0.2) is 4.79 Å². The van der Waals surface area contributed by atoms with Crippen LogP contribution in [-0.4, -0.2) is 52.5 Å². The summed E-state index contributed by atoms with van der Waals surface area (Å²) in [6.45, 7) is 2.24. The highest BCUT2D eigenvalue weighted by Crippen LogP contribution is 2.36. The minimum atomic E-state index is -4.97. The summed E-state index contributed by atoms with van der Waals surface area (Å²) in [4.78, 5) is 16.4. The second-order valence-corrected chi connectivity index (χ2v) is 9.36. The van der Waals surface area contributed by atoms with E-state index in [9.17, 15) is 31.1 Å². The standard InChI is InChI=1S/C23H25F6N5O2/c24-22(25,26)15-8-14(9-16(10-15)23(27,28)29)13-36-21(35)32-5-1-6-34-17(12-32)11-20(31-34)33-7-3-18-19(33)2-4-30-18/h8-11,18-19,30H,1-7,12-13H2. The summed E-state index contributed by atoms with van der Waals surface area (Å²) < 4.78 is 85.6. The molecule has 0 saturated carbocycles. The molecule has 0 aliphatic carbocycles. The van der Waals surface area contributed by atoms with Crippen molar-refractivity contribution in [2.24, 2.45) is 0 Å². The van der Waals surface area contributed by atoms with E-state index < -0.39 is 36.2 Å². The fourth-order valence-electron chi connectivity index (χ4n) is 5.23. The van der Waals surface area contributed by atoms with Crippen LogP contribution < -0.4 is 10.2 Å². The first kappa shape index (κ1) is 24.7. The zero-order chi connectivity index (χ0) is 25.7. The molecule has 1 aromatic heterocycles. The van der Waals surface area contributed by atoms with Gasteiger partial charge in [0.25, 0.3) is 0 Å². The topological polar surface area (TPSA) is 62.6 Å². The van der Waals surface area contributed by atoms with E-state index in [0.29, 0.717) is 43.7 Å². The smallest absolute Gasteiger partial charge is 0.416 e. The van der Waals surface area contributed by atoms with Crippen LogP contribution in [0.15, 0.2) is 24.3 Å². The molecule has 5 rings (SSSR count). The van der Waals surface area contributed by atoms with Gasteiger partial charge in [0.15, 0.2) is 5.82 Å². The van der Waals surface area contributed by atoms with Gasteiger partial charge in [-0.1, -0.05) is 0 Å². The first-order chi connectivity index (χ1) is 17.0. The van der Waals surface area contributed by atoms with Crippen LogP contribution in [0.1, 0.15) is 41.6 Å².